The molecule has 2 aromatic carbocycles. The maximum atomic E-state index is 5.44. The Kier molecular flexibility index (Phi) is 4.77. The maximum absolute atomic E-state index is 5.44. The van der Waals surface area contributed by atoms with Crippen molar-refractivity contribution in [2.45, 2.75) is 13.5 Å². The highest BCUT2D eigenvalue weighted by atomic mass is 79.9. The second kappa shape index (κ2) is 6.97. The molecule has 0 radical (unpaired) electrons. The van der Waals surface area contributed by atoms with Gasteiger partial charge in [0.1, 0.15) is 12.3 Å². The normalized spacial score (nSPS) is 11.3. The minimum Gasteiger partial charge on any atom is -0.496 e. The van der Waals surface area contributed by atoms with Gasteiger partial charge < -0.3 is 4.74 Å². The lowest BCUT2D eigenvalue weighted by molar-refractivity contribution is -0.669. The van der Waals surface area contributed by atoms with Crippen molar-refractivity contribution < 1.29 is 9.30 Å². The average Bonchev–Trinajstić information content (AvgIpc) is 2.59. The number of hydrogen-bond donors (Lipinski definition) is 0. The minimum atomic E-state index is 0.869. The summed E-state index contributed by atoms with van der Waals surface area (Å²) < 4.78 is 8.79. The number of ether oxygens (including phenoxy) is 1. The van der Waals surface area contributed by atoms with Crippen molar-refractivity contribution in [3.8, 4) is 5.75 Å². The first-order chi connectivity index (χ1) is 11.2. The topological polar surface area (TPSA) is 13.1 Å². The molecule has 2 nitrogen and oxygen atoms in total. The van der Waals surface area contributed by atoms with Gasteiger partial charge in [0.05, 0.1) is 7.11 Å². The number of para-hydroxylation sites is 1. The van der Waals surface area contributed by atoms with Gasteiger partial charge in [-0.05, 0) is 43.3 Å². The van der Waals surface area contributed by atoms with E-state index in [-0.39, 0.29) is 0 Å². The van der Waals surface area contributed by atoms with Crippen LogP contribution < -0.4 is 9.30 Å². The number of fused-ring (bicyclic) bond motifs is 1. The number of aryl methyl sites for hydroxylation is 1. The van der Waals surface area contributed by atoms with Crippen LogP contribution in [-0.4, -0.2) is 7.11 Å². The summed E-state index contributed by atoms with van der Waals surface area (Å²) in [6.45, 7) is 3.10. The molecule has 0 bridgehead atoms. The number of methoxy groups -OCH3 is 1. The van der Waals surface area contributed by atoms with Gasteiger partial charge in [-0.2, -0.15) is 4.57 Å². The first-order valence-electron chi connectivity index (χ1n) is 7.66. The zero-order chi connectivity index (χ0) is 16.2. The van der Waals surface area contributed by atoms with Gasteiger partial charge in [-0.25, -0.2) is 0 Å². The van der Waals surface area contributed by atoms with Gasteiger partial charge in [0.25, 0.3) is 0 Å². The van der Waals surface area contributed by atoms with Gasteiger partial charge in [0.15, 0.2) is 0 Å². The van der Waals surface area contributed by atoms with Gasteiger partial charge in [-0.1, -0.05) is 28.1 Å². The monoisotopic (exact) mass is 368 g/mol. The summed E-state index contributed by atoms with van der Waals surface area (Å²) in [7, 11) is 1.70. The summed E-state index contributed by atoms with van der Waals surface area (Å²) in [6.07, 6.45) is 4.24. The third-order valence-electron chi connectivity index (χ3n) is 3.91. The molecule has 3 heteroatoms. The number of aromatic nitrogens is 1. The molecule has 0 atom stereocenters. The number of benzene rings is 2. The van der Waals surface area contributed by atoms with E-state index in [1.165, 1.54) is 16.6 Å². The van der Waals surface area contributed by atoms with Gasteiger partial charge in [-0.3, -0.25) is 0 Å². The highest BCUT2D eigenvalue weighted by molar-refractivity contribution is 9.10. The van der Waals surface area contributed by atoms with E-state index < -0.39 is 0 Å². The van der Waals surface area contributed by atoms with Crippen LogP contribution in [0, 0.1) is 0 Å². The van der Waals surface area contributed by atoms with Crippen molar-refractivity contribution in [1.82, 2.24) is 0 Å². The molecule has 0 N–H and O–H groups in total. The molecule has 1 aromatic heterocycles. The van der Waals surface area contributed by atoms with Gasteiger partial charge in [0, 0.05) is 33.6 Å². The second-order valence-corrected chi connectivity index (χ2v) is 6.20. The van der Waals surface area contributed by atoms with Crippen LogP contribution in [0.15, 0.2) is 59.1 Å². The number of rotatable bonds is 4. The molecular weight excluding hydrogens is 350 g/mol. The van der Waals surface area contributed by atoms with E-state index in [9.17, 15) is 0 Å². The van der Waals surface area contributed by atoms with Crippen molar-refractivity contribution in [3.05, 3.63) is 70.3 Å². The summed E-state index contributed by atoms with van der Waals surface area (Å²) in [5, 5.41) is 1.26. The Morgan fingerprint density at radius 3 is 2.65 bits per heavy atom. The summed E-state index contributed by atoms with van der Waals surface area (Å²) in [6, 6.07) is 18.8. The molecule has 0 aliphatic rings. The molecule has 0 unspecified atom stereocenters. The minimum absolute atomic E-state index is 0.869. The van der Waals surface area contributed by atoms with Gasteiger partial charge in [0.2, 0.25) is 11.2 Å². The van der Waals surface area contributed by atoms with Crippen LogP contribution in [0.25, 0.3) is 23.1 Å². The highest BCUT2D eigenvalue weighted by Crippen LogP contribution is 2.24. The molecule has 0 aliphatic heterocycles. The Morgan fingerprint density at radius 1 is 1.04 bits per heavy atom. The van der Waals surface area contributed by atoms with Crippen molar-refractivity contribution in [1.29, 1.82) is 0 Å². The number of nitrogens with zero attached hydrogens (tertiary/aromatic N) is 1. The lowest BCUT2D eigenvalue weighted by Crippen LogP contribution is -2.36. The molecule has 1 heterocycles. The van der Waals surface area contributed by atoms with E-state index in [0.717, 1.165) is 22.3 Å². The SMILES string of the molecule is CC[n+]1c(/C=C/c2cc(Br)ccc2OC)ccc2ccccc21. The second-order valence-electron chi connectivity index (χ2n) is 5.28. The summed E-state index contributed by atoms with van der Waals surface area (Å²) in [5.41, 5.74) is 3.48. The van der Waals surface area contributed by atoms with Crippen LogP contribution in [0.4, 0.5) is 0 Å². The molecule has 3 rings (SSSR count). The summed E-state index contributed by atoms with van der Waals surface area (Å²) in [4.78, 5) is 0. The fraction of sp³-hybridized carbons (Fsp3) is 0.150. The standard InChI is InChI=1S/C20H19BrNO/c1-3-22-18(11-8-15-6-4-5-7-19(15)22)12-9-16-14-17(21)10-13-20(16)23-2/h4-14H,3H2,1-2H3/q+1/b12-9+. The van der Waals surface area contributed by atoms with Crippen molar-refractivity contribution >= 4 is 39.0 Å². The number of halogens is 1. The molecule has 23 heavy (non-hydrogen) atoms. The molecule has 3 aromatic rings. The Hall–Kier alpha value is -2.13. The van der Waals surface area contributed by atoms with Gasteiger partial charge >= 0.3 is 0 Å². The predicted octanol–water partition coefficient (Wildman–Crippen LogP) is 5.09. The van der Waals surface area contributed by atoms with E-state index in [1.54, 1.807) is 7.11 Å². The van der Waals surface area contributed by atoms with E-state index in [0.29, 0.717) is 0 Å². The van der Waals surface area contributed by atoms with Crippen LogP contribution in [0.2, 0.25) is 0 Å². The Morgan fingerprint density at radius 2 is 1.87 bits per heavy atom. The number of hydrogen-bond acceptors (Lipinski definition) is 1. The van der Waals surface area contributed by atoms with Crippen LogP contribution in [-0.2, 0) is 6.54 Å². The van der Waals surface area contributed by atoms with E-state index in [2.05, 4.69) is 82.0 Å². The van der Waals surface area contributed by atoms with Crippen molar-refractivity contribution in [2.24, 2.45) is 0 Å². The van der Waals surface area contributed by atoms with E-state index >= 15 is 0 Å². The smallest absolute Gasteiger partial charge is 0.212 e. The predicted molar refractivity (Wildman–Crippen MR) is 99.4 cm³/mol. The molecule has 0 amide bonds. The molecular formula is C20H19BrNO+. The maximum Gasteiger partial charge on any atom is 0.212 e. The fourth-order valence-electron chi connectivity index (χ4n) is 2.79. The number of pyridine rings is 1. The first kappa shape index (κ1) is 15.8. The zero-order valence-corrected chi connectivity index (χ0v) is 14.9. The summed E-state index contributed by atoms with van der Waals surface area (Å²) >= 11 is 3.52. The fourth-order valence-corrected chi connectivity index (χ4v) is 3.17. The van der Waals surface area contributed by atoms with Crippen LogP contribution in [0.3, 0.4) is 0 Å². The van der Waals surface area contributed by atoms with Gasteiger partial charge in [-0.15, -0.1) is 0 Å². The third kappa shape index (κ3) is 3.30. The molecule has 0 aliphatic carbocycles. The molecule has 0 saturated heterocycles. The first-order valence-corrected chi connectivity index (χ1v) is 8.45. The van der Waals surface area contributed by atoms with Crippen molar-refractivity contribution in [3.63, 3.8) is 0 Å². The molecule has 0 fully saturated rings. The van der Waals surface area contributed by atoms with E-state index in [1.807, 2.05) is 12.1 Å². The van der Waals surface area contributed by atoms with Crippen LogP contribution in [0.5, 0.6) is 5.75 Å². The van der Waals surface area contributed by atoms with E-state index in [4.69, 9.17) is 4.74 Å². The summed E-state index contributed by atoms with van der Waals surface area (Å²) in [5.74, 6) is 0.869. The lowest BCUT2D eigenvalue weighted by Gasteiger charge is -2.05. The Labute approximate surface area is 145 Å². The Bertz CT molecular complexity index is 871. The van der Waals surface area contributed by atoms with Crippen LogP contribution in [0.1, 0.15) is 18.2 Å². The average molecular weight is 369 g/mol. The molecule has 0 saturated carbocycles. The molecule has 0 spiro atoms. The quantitative estimate of drug-likeness (QED) is 0.584. The largest absolute Gasteiger partial charge is 0.496 e. The molecule has 116 valence electrons. The Balaban J connectivity index is 2.06. The third-order valence-corrected chi connectivity index (χ3v) is 4.41. The van der Waals surface area contributed by atoms with Crippen LogP contribution >= 0.6 is 15.9 Å². The van der Waals surface area contributed by atoms with Crippen molar-refractivity contribution in [2.75, 3.05) is 7.11 Å². The lowest BCUT2D eigenvalue weighted by atomic mass is 10.1. The highest BCUT2D eigenvalue weighted by Gasteiger charge is 2.11. The zero-order valence-electron chi connectivity index (χ0n) is 13.3.